The summed E-state index contributed by atoms with van der Waals surface area (Å²) in [5.41, 5.74) is 4.45. The minimum absolute atomic E-state index is 0.0697. The molecule has 1 aromatic heterocycles. The fourth-order valence-electron chi connectivity index (χ4n) is 3.51. The van der Waals surface area contributed by atoms with Gasteiger partial charge in [-0.05, 0) is 37.3 Å². The maximum Gasteiger partial charge on any atom is 0.432 e. The molecule has 1 aliphatic heterocycles. The van der Waals surface area contributed by atoms with Crippen LogP contribution >= 0.6 is 10.6 Å². The molecule has 0 radical (unpaired) electrons. The molecule has 1 amide bonds. The Kier molecular flexibility index (Phi) is 6.82. The Morgan fingerprint density at radius 3 is 2.55 bits per heavy atom. The number of carbonyl (C=O) groups excluding carboxylic acids is 1. The third kappa shape index (κ3) is 5.89. The smallest absolute Gasteiger partial charge is 0.398 e. The van der Waals surface area contributed by atoms with E-state index < -0.39 is 39.9 Å². The van der Waals surface area contributed by atoms with Crippen LogP contribution in [0.3, 0.4) is 0 Å². The first-order valence-corrected chi connectivity index (χ1v) is 11.5. The molecule has 12 heteroatoms. The number of hydrogen-bond donors (Lipinski definition) is 4. The van der Waals surface area contributed by atoms with E-state index in [0.717, 1.165) is 0 Å². The number of amides is 1. The van der Waals surface area contributed by atoms with Crippen LogP contribution in [-0.2, 0) is 12.7 Å². The third-order valence-electron chi connectivity index (χ3n) is 5.41. The molecule has 2 aromatic rings. The van der Waals surface area contributed by atoms with Crippen molar-refractivity contribution in [3.05, 3.63) is 47.0 Å². The van der Waals surface area contributed by atoms with Gasteiger partial charge in [0.15, 0.2) is 5.69 Å². The topological polar surface area (TPSA) is 115 Å². The molecule has 0 spiro atoms. The highest BCUT2D eigenvalue weighted by molar-refractivity contribution is 8.24. The van der Waals surface area contributed by atoms with E-state index >= 15 is 0 Å². The zero-order chi connectivity index (χ0) is 22.8. The summed E-state index contributed by atoms with van der Waals surface area (Å²) < 4.78 is 72.4. The molecule has 0 saturated carbocycles. The molecule has 1 saturated heterocycles. The number of benzene rings is 1. The van der Waals surface area contributed by atoms with Gasteiger partial charge >= 0.3 is 6.18 Å². The number of nitrogens with zero attached hydrogens (tertiary/aromatic N) is 2. The summed E-state index contributed by atoms with van der Waals surface area (Å²) in [7, 11) is -2.55. The highest BCUT2D eigenvalue weighted by Crippen LogP contribution is 2.46. The van der Waals surface area contributed by atoms with Gasteiger partial charge in [0.2, 0.25) is 0 Å². The van der Waals surface area contributed by atoms with E-state index in [1.807, 2.05) is 5.10 Å². The quantitative estimate of drug-likeness (QED) is 0.375. The standard InChI is InChI=1S/C19H24F4N4O3S/c20-14-2-1-3-15(24)13(14)11-27(7-4-12-5-8-31(29,30)9-6-12)18(28)16-10-17(26-25-16)19(21,22)23/h1-3,10,12,29-30H,4-9,11,24H2,(H,25,26). The number of hydrogen-bond acceptors (Lipinski definition) is 5. The minimum Gasteiger partial charge on any atom is -0.398 e. The minimum atomic E-state index is -4.68. The molecule has 0 atom stereocenters. The monoisotopic (exact) mass is 464 g/mol. The van der Waals surface area contributed by atoms with Gasteiger partial charge in [0.05, 0.1) is 6.54 Å². The Labute approximate surface area is 178 Å². The van der Waals surface area contributed by atoms with Gasteiger partial charge < -0.3 is 10.6 Å². The Hall–Kier alpha value is -2.31. The van der Waals surface area contributed by atoms with Crippen molar-refractivity contribution in [1.82, 2.24) is 15.1 Å². The molecule has 172 valence electrons. The van der Waals surface area contributed by atoms with Crippen LogP contribution in [0.15, 0.2) is 24.3 Å². The number of aromatic amines is 1. The second-order valence-electron chi connectivity index (χ2n) is 7.64. The first-order chi connectivity index (χ1) is 14.5. The summed E-state index contributed by atoms with van der Waals surface area (Å²) >= 11 is 0. The van der Waals surface area contributed by atoms with Crippen LogP contribution in [0.2, 0.25) is 0 Å². The van der Waals surface area contributed by atoms with Gasteiger partial charge in [0, 0.05) is 35.4 Å². The maximum atomic E-state index is 14.3. The summed E-state index contributed by atoms with van der Waals surface area (Å²) in [6.45, 7) is -0.0991. The maximum absolute atomic E-state index is 14.3. The molecule has 0 aliphatic carbocycles. The van der Waals surface area contributed by atoms with Gasteiger partial charge in [-0.3, -0.25) is 19.0 Å². The van der Waals surface area contributed by atoms with Gasteiger partial charge in [0.25, 0.3) is 5.91 Å². The van der Waals surface area contributed by atoms with E-state index in [1.165, 1.54) is 23.1 Å². The lowest BCUT2D eigenvalue weighted by molar-refractivity contribution is -0.141. The largest absolute Gasteiger partial charge is 0.432 e. The van der Waals surface area contributed by atoms with Crippen LogP contribution in [0, 0.1) is 11.7 Å². The molecular weight excluding hydrogens is 440 g/mol. The highest BCUT2D eigenvalue weighted by Gasteiger charge is 2.34. The van der Waals surface area contributed by atoms with E-state index in [0.29, 0.717) is 25.3 Å². The number of rotatable bonds is 6. The molecule has 3 rings (SSSR count). The lowest BCUT2D eigenvalue weighted by atomic mass is 9.98. The van der Waals surface area contributed by atoms with Crippen molar-refractivity contribution < 1.29 is 31.5 Å². The van der Waals surface area contributed by atoms with Gasteiger partial charge in [0.1, 0.15) is 11.5 Å². The van der Waals surface area contributed by atoms with E-state index in [9.17, 15) is 31.5 Å². The summed E-state index contributed by atoms with van der Waals surface area (Å²) in [6, 6.07) is 4.71. The van der Waals surface area contributed by atoms with Crippen LogP contribution in [0.4, 0.5) is 23.2 Å². The molecule has 5 N–H and O–H groups in total. The number of H-pyrrole nitrogens is 1. The predicted molar refractivity (Wildman–Crippen MR) is 109 cm³/mol. The molecule has 1 aromatic carbocycles. The number of carbonyl (C=O) groups is 1. The SMILES string of the molecule is Nc1cccc(F)c1CN(CCC1CCS(O)(O)CC1)C(=O)c1cc(C(F)(F)F)[nH]n1. The van der Waals surface area contributed by atoms with Gasteiger partial charge in [-0.1, -0.05) is 6.07 Å². The summed E-state index contributed by atoms with van der Waals surface area (Å²) in [5, 5.41) is 5.29. The van der Waals surface area contributed by atoms with Crippen LogP contribution in [-0.4, -0.2) is 48.2 Å². The Morgan fingerprint density at radius 1 is 1.29 bits per heavy atom. The number of nitrogens with one attached hydrogen (secondary N) is 1. The van der Waals surface area contributed by atoms with E-state index in [1.54, 1.807) is 0 Å². The Balaban J connectivity index is 1.78. The van der Waals surface area contributed by atoms with E-state index in [2.05, 4.69) is 5.10 Å². The second-order valence-corrected chi connectivity index (χ2v) is 10.1. The van der Waals surface area contributed by atoms with Crippen LogP contribution in [0.25, 0.3) is 0 Å². The van der Waals surface area contributed by atoms with Crippen LogP contribution in [0.5, 0.6) is 0 Å². The average Bonchev–Trinajstić information content (AvgIpc) is 3.18. The number of nitrogen functional groups attached to an aromatic ring is 1. The van der Waals surface area contributed by atoms with Crippen molar-refractivity contribution in [1.29, 1.82) is 0 Å². The molecule has 0 unspecified atom stereocenters. The number of aromatic nitrogens is 2. The molecule has 31 heavy (non-hydrogen) atoms. The molecule has 2 heterocycles. The zero-order valence-electron chi connectivity index (χ0n) is 16.5. The first kappa shape index (κ1) is 23.4. The van der Waals surface area contributed by atoms with Crippen molar-refractivity contribution in [2.24, 2.45) is 5.92 Å². The third-order valence-corrected chi connectivity index (χ3v) is 7.19. The van der Waals surface area contributed by atoms with E-state index in [4.69, 9.17) is 5.73 Å². The first-order valence-electron chi connectivity index (χ1n) is 9.64. The van der Waals surface area contributed by atoms with Gasteiger partial charge in [-0.25, -0.2) is 4.39 Å². The van der Waals surface area contributed by atoms with Crippen LogP contribution in [0.1, 0.15) is 41.0 Å². The van der Waals surface area contributed by atoms with E-state index in [-0.39, 0.29) is 41.8 Å². The number of halogens is 4. The average molecular weight is 464 g/mol. The van der Waals surface area contributed by atoms with Gasteiger partial charge in [-0.2, -0.15) is 28.9 Å². The normalized spacial score (nSPS) is 18.0. The van der Waals surface area contributed by atoms with Crippen molar-refractivity contribution >= 4 is 22.2 Å². The Morgan fingerprint density at radius 2 is 1.97 bits per heavy atom. The number of nitrogens with two attached hydrogens (primary N) is 1. The summed E-state index contributed by atoms with van der Waals surface area (Å²) in [6.07, 6.45) is -3.08. The fourth-order valence-corrected chi connectivity index (χ4v) is 5.13. The highest BCUT2D eigenvalue weighted by atomic mass is 32.3. The molecular formula is C19H24F4N4O3S. The van der Waals surface area contributed by atoms with Crippen LogP contribution < -0.4 is 5.73 Å². The fraction of sp³-hybridized carbons (Fsp3) is 0.474. The van der Waals surface area contributed by atoms with Crippen molar-refractivity contribution in [2.75, 3.05) is 23.8 Å². The molecule has 1 aliphatic rings. The molecule has 0 bridgehead atoms. The predicted octanol–water partition coefficient (Wildman–Crippen LogP) is 4.34. The van der Waals surface area contributed by atoms with Crippen molar-refractivity contribution in [2.45, 2.75) is 32.0 Å². The lowest BCUT2D eigenvalue weighted by Gasteiger charge is -2.39. The summed E-state index contributed by atoms with van der Waals surface area (Å²) in [4.78, 5) is 14.1. The zero-order valence-corrected chi connectivity index (χ0v) is 17.3. The number of anilines is 1. The molecule has 1 fully saturated rings. The number of alkyl halides is 3. The second kappa shape index (κ2) is 9.05. The van der Waals surface area contributed by atoms with Crippen molar-refractivity contribution in [3.63, 3.8) is 0 Å². The lowest BCUT2D eigenvalue weighted by Crippen LogP contribution is -2.34. The van der Waals surface area contributed by atoms with Crippen molar-refractivity contribution in [3.8, 4) is 0 Å². The summed E-state index contributed by atoms with van der Waals surface area (Å²) in [5.74, 6) is -0.740. The molecule has 7 nitrogen and oxygen atoms in total. The van der Waals surface area contributed by atoms with Gasteiger partial charge in [-0.15, -0.1) is 0 Å². The Bertz CT molecular complexity index is 905.